The van der Waals surface area contributed by atoms with Crippen LogP contribution in [-0.2, 0) is 0 Å². The number of para-hydroxylation sites is 2. The van der Waals surface area contributed by atoms with Crippen LogP contribution in [0.4, 0.5) is 0 Å². The summed E-state index contributed by atoms with van der Waals surface area (Å²) in [6.45, 7) is 0. The molecule has 228 valence electrons. The Bertz CT molecular complexity index is 2830. The van der Waals surface area contributed by atoms with Crippen molar-refractivity contribution in [2.24, 2.45) is 0 Å². The van der Waals surface area contributed by atoms with Crippen LogP contribution in [0.25, 0.3) is 98.8 Å². The molecule has 0 amide bonds. The second-order valence-corrected chi connectivity index (χ2v) is 12.8. The smallest absolute Gasteiger partial charge is 0.143 e. The Morgan fingerprint density at radius 1 is 0.286 bits per heavy atom. The van der Waals surface area contributed by atoms with Crippen molar-refractivity contribution >= 4 is 54.3 Å². The van der Waals surface area contributed by atoms with Gasteiger partial charge in [-0.3, -0.25) is 0 Å². The lowest BCUT2D eigenvalue weighted by Gasteiger charge is -2.18. The van der Waals surface area contributed by atoms with Crippen LogP contribution in [0.15, 0.2) is 186 Å². The minimum Gasteiger partial charge on any atom is -0.455 e. The van der Waals surface area contributed by atoms with E-state index in [1.807, 2.05) is 12.1 Å². The molecule has 0 radical (unpaired) electrons. The molecule has 0 N–H and O–H groups in total. The molecule has 0 fully saturated rings. The molecule has 0 unspecified atom stereocenters. The van der Waals surface area contributed by atoms with Crippen LogP contribution in [0.3, 0.4) is 0 Å². The Hall–Kier alpha value is -6.44. The molecular formula is C48H30O. The molecule has 1 heteroatoms. The molecule has 0 aliphatic carbocycles. The average molecular weight is 623 g/mol. The summed E-state index contributed by atoms with van der Waals surface area (Å²) in [5.74, 6) is 0. The van der Waals surface area contributed by atoms with Crippen LogP contribution < -0.4 is 0 Å². The molecule has 0 saturated heterocycles. The first-order valence-corrected chi connectivity index (χ1v) is 16.8. The maximum absolute atomic E-state index is 6.45. The summed E-state index contributed by atoms with van der Waals surface area (Å²) in [5, 5.41) is 9.78. The summed E-state index contributed by atoms with van der Waals surface area (Å²) in [5.41, 5.74) is 11.4. The lowest BCUT2D eigenvalue weighted by molar-refractivity contribution is 0.670. The summed E-state index contributed by atoms with van der Waals surface area (Å²) in [7, 11) is 0. The van der Waals surface area contributed by atoms with Crippen molar-refractivity contribution in [3.05, 3.63) is 182 Å². The van der Waals surface area contributed by atoms with Gasteiger partial charge in [0.05, 0.1) is 0 Å². The predicted octanol–water partition coefficient (Wildman–Crippen LogP) is 13.7. The zero-order valence-corrected chi connectivity index (χ0v) is 26.7. The van der Waals surface area contributed by atoms with E-state index in [1.54, 1.807) is 0 Å². The molecular weight excluding hydrogens is 593 g/mol. The van der Waals surface area contributed by atoms with Crippen molar-refractivity contribution in [1.29, 1.82) is 0 Å². The largest absolute Gasteiger partial charge is 0.455 e. The van der Waals surface area contributed by atoms with Gasteiger partial charge in [-0.15, -0.1) is 0 Å². The molecule has 0 aliphatic heterocycles. The maximum atomic E-state index is 6.45. The summed E-state index contributed by atoms with van der Waals surface area (Å²) in [6, 6.07) is 65.8. The highest BCUT2D eigenvalue weighted by atomic mass is 16.3. The van der Waals surface area contributed by atoms with E-state index in [9.17, 15) is 0 Å². The van der Waals surface area contributed by atoms with Gasteiger partial charge >= 0.3 is 0 Å². The van der Waals surface area contributed by atoms with Crippen LogP contribution in [0.2, 0.25) is 0 Å². The SMILES string of the molecule is c1cc(-c2ccc3ccccc3c2)cc(-c2c3ccccc3c(-c3cccc(-c4cccc5c4oc4ccccc45)c3)c3ccccc23)c1. The molecule has 1 heterocycles. The Labute approximate surface area is 284 Å². The van der Waals surface area contributed by atoms with Crippen LogP contribution in [0.1, 0.15) is 0 Å². The van der Waals surface area contributed by atoms with Gasteiger partial charge in [-0.25, -0.2) is 0 Å². The zero-order valence-electron chi connectivity index (χ0n) is 26.7. The molecule has 0 atom stereocenters. The van der Waals surface area contributed by atoms with Gasteiger partial charge in [0.2, 0.25) is 0 Å². The summed E-state index contributed by atoms with van der Waals surface area (Å²) in [4.78, 5) is 0. The van der Waals surface area contributed by atoms with Crippen LogP contribution >= 0.6 is 0 Å². The first-order valence-electron chi connectivity index (χ1n) is 16.8. The second kappa shape index (κ2) is 11.1. The number of hydrogen-bond donors (Lipinski definition) is 0. The van der Waals surface area contributed by atoms with Gasteiger partial charge in [0.1, 0.15) is 11.2 Å². The van der Waals surface area contributed by atoms with E-state index >= 15 is 0 Å². The summed E-state index contributed by atoms with van der Waals surface area (Å²) < 4.78 is 6.45. The van der Waals surface area contributed by atoms with E-state index < -0.39 is 0 Å². The standard InChI is InChI=1S/C48H30O/c1-2-13-32-28-34(27-26-31(32)12-1)33-14-9-16-36(29-33)46-40-19-3-5-21-42(40)47(43-22-6-4-20-41(43)46)37-17-10-15-35(30-37)38-23-11-24-44-39-18-7-8-25-45(39)49-48(38)44/h1-30H. The van der Waals surface area contributed by atoms with Crippen molar-refractivity contribution in [1.82, 2.24) is 0 Å². The van der Waals surface area contributed by atoms with E-state index in [0.717, 1.165) is 33.1 Å². The number of fused-ring (bicyclic) bond motifs is 6. The highest BCUT2D eigenvalue weighted by Gasteiger charge is 2.18. The highest BCUT2D eigenvalue weighted by molar-refractivity contribution is 6.21. The first-order chi connectivity index (χ1) is 24.3. The maximum Gasteiger partial charge on any atom is 0.143 e. The fourth-order valence-corrected chi connectivity index (χ4v) is 7.79. The Balaban J connectivity index is 1.18. The van der Waals surface area contributed by atoms with Crippen molar-refractivity contribution in [3.8, 4) is 44.5 Å². The Morgan fingerprint density at radius 2 is 0.776 bits per heavy atom. The van der Waals surface area contributed by atoms with Crippen molar-refractivity contribution in [2.75, 3.05) is 0 Å². The molecule has 10 rings (SSSR count). The third-order valence-corrected chi connectivity index (χ3v) is 10.0. The van der Waals surface area contributed by atoms with E-state index in [0.29, 0.717) is 0 Å². The van der Waals surface area contributed by atoms with Crippen molar-refractivity contribution in [2.45, 2.75) is 0 Å². The summed E-state index contributed by atoms with van der Waals surface area (Å²) in [6.07, 6.45) is 0. The van der Waals surface area contributed by atoms with E-state index in [-0.39, 0.29) is 0 Å². The quantitative estimate of drug-likeness (QED) is 0.178. The van der Waals surface area contributed by atoms with Crippen LogP contribution in [0.5, 0.6) is 0 Å². The van der Waals surface area contributed by atoms with Crippen molar-refractivity contribution in [3.63, 3.8) is 0 Å². The minimum atomic E-state index is 0.915. The van der Waals surface area contributed by atoms with Gasteiger partial charge in [0.25, 0.3) is 0 Å². The molecule has 1 aromatic heterocycles. The molecule has 10 aromatic rings. The molecule has 49 heavy (non-hydrogen) atoms. The van der Waals surface area contributed by atoms with E-state index in [4.69, 9.17) is 4.42 Å². The predicted molar refractivity (Wildman–Crippen MR) is 208 cm³/mol. The Morgan fingerprint density at radius 3 is 1.47 bits per heavy atom. The van der Waals surface area contributed by atoms with Gasteiger partial charge in [-0.1, -0.05) is 158 Å². The highest BCUT2D eigenvalue weighted by Crippen LogP contribution is 2.45. The molecule has 0 spiro atoms. The third kappa shape index (κ3) is 4.47. The van der Waals surface area contributed by atoms with Gasteiger partial charge < -0.3 is 4.42 Å². The fraction of sp³-hybridized carbons (Fsp3) is 0. The third-order valence-electron chi connectivity index (χ3n) is 10.0. The number of furan rings is 1. The van der Waals surface area contributed by atoms with Gasteiger partial charge in [-0.2, -0.15) is 0 Å². The molecule has 0 aliphatic rings. The lowest BCUT2D eigenvalue weighted by Crippen LogP contribution is -1.91. The number of benzene rings is 9. The monoisotopic (exact) mass is 622 g/mol. The summed E-state index contributed by atoms with van der Waals surface area (Å²) >= 11 is 0. The topological polar surface area (TPSA) is 13.1 Å². The van der Waals surface area contributed by atoms with Gasteiger partial charge in [-0.05, 0) is 95.5 Å². The van der Waals surface area contributed by atoms with E-state index in [1.165, 1.54) is 65.7 Å². The Kier molecular flexibility index (Phi) is 6.25. The fourth-order valence-electron chi connectivity index (χ4n) is 7.79. The minimum absolute atomic E-state index is 0.915. The van der Waals surface area contributed by atoms with E-state index in [2.05, 4.69) is 170 Å². The van der Waals surface area contributed by atoms with Gasteiger partial charge in [0.15, 0.2) is 0 Å². The van der Waals surface area contributed by atoms with Gasteiger partial charge in [0, 0.05) is 16.3 Å². The first kappa shape index (κ1) is 27.7. The zero-order chi connectivity index (χ0) is 32.3. The van der Waals surface area contributed by atoms with Crippen molar-refractivity contribution < 1.29 is 4.42 Å². The molecule has 9 aromatic carbocycles. The number of rotatable bonds is 4. The molecule has 0 bridgehead atoms. The molecule has 1 nitrogen and oxygen atoms in total. The normalized spacial score (nSPS) is 11.7. The average Bonchev–Trinajstić information content (AvgIpc) is 3.56. The van der Waals surface area contributed by atoms with Crippen LogP contribution in [-0.4, -0.2) is 0 Å². The molecule has 0 saturated carbocycles. The lowest BCUT2D eigenvalue weighted by atomic mass is 9.85. The number of hydrogen-bond acceptors (Lipinski definition) is 1. The second-order valence-electron chi connectivity index (χ2n) is 12.8. The van der Waals surface area contributed by atoms with Crippen LogP contribution in [0, 0.1) is 0 Å².